The van der Waals surface area contributed by atoms with E-state index in [0.717, 1.165) is 11.1 Å². The van der Waals surface area contributed by atoms with Gasteiger partial charge in [0.2, 0.25) is 11.8 Å². The number of hydrogen-bond donors (Lipinski definition) is 2. The molecule has 24 heavy (non-hydrogen) atoms. The van der Waals surface area contributed by atoms with Crippen molar-refractivity contribution in [3.05, 3.63) is 65.5 Å². The van der Waals surface area contributed by atoms with Crippen LogP contribution in [0.1, 0.15) is 22.7 Å². The van der Waals surface area contributed by atoms with Crippen LogP contribution < -0.4 is 5.73 Å². The summed E-state index contributed by atoms with van der Waals surface area (Å²) in [5.41, 5.74) is 7.94. The zero-order valence-corrected chi connectivity index (χ0v) is 12.9. The number of aromatic hydroxyl groups is 1. The number of nitrogens with two attached hydrogens (primary N) is 1. The number of nitrogens with zero attached hydrogens (tertiary/aromatic N) is 2. The maximum atomic E-state index is 12.5. The molecule has 6 nitrogen and oxygen atoms in total. The summed E-state index contributed by atoms with van der Waals surface area (Å²) in [6, 6.07) is 8.23. The maximum absolute atomic E-state index is 12.5. The fraction of sp³-hybridized carbons (Fsp3) is 0.167. The molecule has 0 bridgehead atoms. The highest BCUT2D eigenvalue weighted by Crippen LogP contribution is 2.29. The molecule has 3 rings (SSSR count). The van der Waals surface area contributed by atoms with E-state index >= 15 is 0 Å². The van der Waals surface area contributed by atoms with Crippen LogP contribution in [0, 0.1) is 0 Å². The van der Waals surface area contributed by atoms with Crippen molar-refractivity contribution in [1.82, 2.24) is 9.88 Å². The lowest BCUT2D eigenvalue weighted by atomic mass is 9.92. The molecule has 1 aromatic heterocycles. The molecule has 0 spiro atoms. The van der Waals surface area contributed by atoms with Gasteiger partial charge in [-0.25, -0.2) is 0 Å². The van der Waals surface area contributed by atoms with Gasteiger partial charge in [0.05, 0.1) is 6.20 Å². The Morgan fingerprint density at radius 2 is 2.08 bits per heavy atom. The van der Waals surface area contributed by atoms with Crippen LogP contribution in [0.4, 0.5) is 0 Å². The second-order valence-electron chi connectivity index (χ2n) is 5.60. The van der Waals surface area contributed by atoms with Crippen LogP contribution in [0.15, 0.2) is 48.8 Å². The summed E-state index contributed by atoms with van der Waals surface area (Å²) in [5.74, 6) is -0.842. The van der Waals surface area contributed by atoms with E-state index in [1.54, 1.807) is 6.08 Å². The minimum absolute atomic E-state index is 0.0199. The molecular formula is C18H17N3O3. The summed E-state index contributed by atoms with van der Waals surface area (Å²) in [4.78, 5) is 29.8. The lowest BCUT2D eigenvalue weighted by Gasteiger charge is -2.34. The minimum atomic E-state index is -0.769. The average molecular weight is 323 g/mol. The summed E-state index contributed by atoms with van der Waals surface area (Å²) in [7, 11) is 0. The van der Waals surface area contributed by atoms with Crippen LogP contribution in [0.25, 0.3) is 6.08 Å². The Bertz CT molecular complexity index is 817. The van der Waals surface area contributed by atoms with Crippen LogP contribution in [0.2, 0.25) is 0 Å². The molecule has 122 valence electrons. The molecule has 0 aliphatic carbocycles. The number of aromatic nitrogens is 1. The summed E-state index contributed by atoms with van der Waals surface area (Å²) >= 11 is 0. The number of carbonyl (C=O) groups is 2. The minimum Gasteiger partial charge on any atom is -0.506 e. The monoisotopic (exact) mass is 323 g/mol. The second-order valence-corrected chi connectivity index (χ2v) is 5.60. The number of benzene rings is 1. The van der Waals surface area contributed by atoms with E-state index in [2.05, 4.69) is 4.98 Å². The Labute approximate surface area is 139 Å². The van der Waals surface area contributed by atoms with Crippen LogP contribution in [0.3, 0.4) is 0 Å². The first-order valence-corrected chi connectivity index (χ1v) is 7.56. The fourth-order valence-corrected chi connectivity index (χ4v) is 2.91. The van der Waals surface area contributed by atoms with E-state index in [1.807, 2.05) is 24.3 Å². The number of amides is 2. The van der Waals surface area contributed by atoms with Crippen molar-refractivity contribution in [2.75, 3.05) is 6.54 Å². The summed E-state index contributed by atoms with van der Waals surface area (Å²) in [6.45, 7) is 0.423. The van der Waals surface area contributed by atoms with E-state index in [4.69, 9.17) is 5.73 Å². The first kappa shape index (κ1) is 15.7. The molecule has 2 heterocycles. The maximum Gasteiger partial charge on any atom is 0.247 e. The highest BCUT2D eigenvalue weighted by atomic mass is 16.3. The van der Waals surface area contributed by atoms with E-state index in [9.17, 15) is 14.7 Å². The number of fused-ring (bicyclic) bond motifs is 1. The van der Waals surface area contributed by atoms with Crippen molar-refractivity contribution < 1.29 is 14.7 Å². The van der Waals surface area contributed by atoms with E-state index < -0.39 is 11.9 Å². The third-order valence-corrected chi connectivity index (χ3v) is 4.00. The third-order valence-electron chi connectivity index (χ3n) is 4.00. The lowest BCUT2D eigenvalue weighted by molar-refractivity contribution is -0.136. The van der Waals surface area contributed by atoms with Gasteiger partial charge in [-0.05, 0) is 35.3 Å². The molecule has 1 atom stereocenters. The Morgan fingerprint density at radius 3 is 2.83 bits per heavy atom. The van der Waals surface area contributed by atoms with Gasteiger partial charge in [-0.1, -0.05) is 24.3 Å². The molecule has 0 saturated carbocycles. The van der Waals surface area contributed by atoms with Crippen molar-refractivity contribution in [2.24, 2.45) is 5.73 Å². The van der Waals surface area contributed by atoms with E-state index in [-0.39, 0.29) is 11.7 Å². The highest BCUT2D eigenvalue weighted by molar-refractivity contribution is 5.96. The Balaban J connectivity index is 1.85. The number of pyridine rings is 1. The van der Waals surface area contributed by atoms with Crippen molar-refractivity contribution in [1.29, 1.82) is 0 Å². The van der Waals surface area contributed by atoms with Crippen molar-refractivity contribution >= 4 is 17.9 Å². The smallest absolute Gasteiger partial charge is 0.247 e. The van der Waals surface area contributed by atoms with Gasteiger partial charge in [-0.2, -0.15) is 0 Å². The normalized spacial score (nSPS) is 16.8. The van der Waals surface area contributed by atoms with Gasteiger partial charge in [0.1, 0.15) is 11.8 Å². The number of rotatable bonds is 3. The van der Waals surface area contributed by atoms with Crippen LogP contribution in [-0.4, -0.2) is 33.3 Å². The quantitative estimate of drug-likeness (QED) is 0.835. The number of hydrogen-bond acceptors (Lipinski definition) is 4. The Kier molecular flexibility index (Phi) is 4.29. The number of carbonyl (C=O) groups excluding carboxylic acids is 2. The van der Waals surface area contributed by atoms with Gasteiger partial charge in [-0.3, -0.25) is 14.6 Å². The molecule has 0 radical (unpaired) electrons. The molecule has 2 aromatic rings. The van der Waals surface area contributed by atoms with Gasteiger partial charge in [-0.15, -0.1) is 0 Å². The Hall–Kier alpha value is -3.15. The molecule has 0 saturated heterocycles. The van der Waals surface area contributed by atoms with Crippen molar-refractivity contribution in [2.45, 2.75) is 12.5 Å². The van der Waals surface area contributed by atoms with Gasteiger partial charge < -0.3 is 15.7 Å². The first-order valence-electron chi connectivity index (χ1n) is 7.56. The number of primary amides is 1. The standard InChI is InChI=1S/C18H17N3O3/c19-18(24)17-15-4-2-1-3-13(15)7-8-21(17)16(23)6-5-12-9-14(22)11-20-10-12/h1-6,9-11,17,22H,7-8H2,(H2,19,24)/b6-5+. The molecule has 0 fully saturated rings. The van der Waals surface area contributed by atoms with Gasteiger partial charge >= 0.3 is 0 Å². The van der Waals surface area contributed by atoms with Gasteiger partial charge in [0.25, 0.3) is 0 Å². The molecule has 1 aromatic carbocycles. The molecule has 1 aliphatic heterocycles. The third kappa shape index (κ3) is 3.12. The van der Waals surface area contributed by atoms with Crippen LogP contribution in [-0.2, 0) is 16.0 Å². The zero-order chi connectivity index (χ0) is 17.1. The Morgan fingerprint density at radius 1 is 1.29 bits per heavy atom. The summed E-state index contributed by atoms with van der Waals surface area (Å²) < 4.78 is 0. The van der Waals surface area contributed by atoms with E-state index in [0.29, 0.717) is 18.5 Å². The SMILES string of the molecule is NC(=O)C1c2ccccc2CCN1C(=O)/C=C/c1cncc(O)c1. The zero-order valence-electron chi connectivity index (χ0n) is 12.9. The lowest BCUT2D eigenvalue weighted by Crippen LogP contribution is -2.45. The molecule has 1 aliphatic rings. The highest BCUT2D eigenvalue weighted by Gasteiger charge is 2.33. The largest absolute Gasteiger partial charge is 0.506 e. The first-order chi connectivity index (χ1) is 11.6. The van der Waals surface area contributed by atoms with Gasteiger partial charge in [0, 0.05) is 18.8 Å². The van der Waals surface area contributed by atoms with Crippen LogP contribution in [0.5, 0.6) is 5.75 Å². The predicted molar refractivity (Wildman–Crippen MR) is 88.7 cm³/mol. The van der Waals surface area contributed by atoms with Crippen LogP contribution >= 0.6 is 0 Å². The molecule has 1 unspecified atom stereocenters. The van der Waals surface area contributed by atoms with E-state index in [1.165, 1.54) is 29.4 Å². The van der Waals surface area contributed by atoms with Gasteiger partial charge in [0.15, 0.2) is 0 Å². The molecular weight excluding hydrogens is 306 g/mol. The summed E-state index contributed by atoms with van der Waals surface area (Å²) in [5, 5.41) is 9.40. The molecule has 3 N–H and O–H groups in total. The topological polar surface area (TPSA) is 96.5 Å². The second kappa shape index (κ2) is 6.54. The van der Waals surface area contributed by atoms with Crippen molar-refractivity contribution in [3.8, 4) is 5.75 Å². The average Bonchev–Trinajstić information content (AvgIpc) is 2.58. The predicted octanol–water partition coefficient (Wildman–Crippen LogP) is 1.41. The van der Waals surface area contributed by atoms with Crippen molar-refractivity contribution in [3.63, 3.8) is 0 Å². The fourth-order valence-electron chi connectivity index (χ4n) is 2.91. The molecule has 2 amide bonds. The molecule has 6 heteroatoms. The summed E-state index contributed by atoms with van der Waals surface area (Å²) in [6.07, 6.45) is 6.42.